The molecular weight excluding hydrogens is 226 g/mol. The third-order valence-corrected chi connectivity index (χ3v) is 3.65. The van der Waals surface area contributed by atoms with Gasteiger partial charge in [0.15, 0.2) is 0 Å². The van der Waals surface area contributed by atoms with Crippen molar-refractivity contribution in [1.82, 2.24) is 9.99 Å². The number of rotatable bonds is 2. The Hall–Kier alpha value is -1.81. The highest BCUT2D eigenvalue weighted by molar-refractivity contribution is 5.79. The summed E-state index contributed by atoms with van der Waals surface area (Å²) in [5, 5.41) is 4.43. The van der Waals surface area contributed by atoms with Crippen molar-refractivity contribution in [1.29, 1.82) is 0 Å². The van der Waals surface area contributed by atoms with Gasteiger partial charge in [0.25, 0.3) is 5.56 Å². The average molecular weight is 243 g/mol. The van der Waals surface area contributed by atoms with Crippen LogP contribution in [0.4, 0.5) is 0 Å². The van der Waals surface area contributed by atoms with E-state index in [0.717, 1.165) is 35.9 Å². The number of nitrogens with zero attached hydrogens (tertiary/aromatic N) is 1. The first-order valence-corrected chi connectivity index (χ1v) is 6.38. The third kappa shape index (κ3) is 1.88. The zero-order valence-corrected chi connectivity index (χ0v) is 10.2. The topological polar surface area (TPSA) is 60.0 Å². The van der Waals surface area contributed by atoms with Crippen molar-refractivity contribution in [2.24, 2.45) is 0 Å². The van der Waals surface area contributed by atoms with Crippen LogP contribution < -0.4 is 16.7 Å². The molecule has 94 valence electrons. The van der Waals surface area contributed by atoms with E-state index in [4.69, 9.17) is 5.84 Å². The van der Waals surface area contributed by atoms with Gasteiger partial charge in [0, 0.05) is 17.0 Å². The minimum Gasteiger partial charge on any atom is -0.336 e. The zero-order valence-electron chi connectivity index (χ0n) is 10.2. The Morgan fingerprint density at radius 2 is 2.22 bits per heavy atom. The number of nitrogens with one attached hydrogen (secondary N) is 1. The van der Waals surface area contributed by atoms with Crippen LogP contribution in [0.5, 0.6) is 0 Å². The molecule has 0 amide bonds. The highest BCUT2D eigenvalue weighted by Gasteiger charge is 2.17. The summed E-state index contributed by atoms with van der Waals surface area (Å²) in [4.78, 5) is 12.2. The highest BCUT2D eigenvalue weighted by atomic mass is 16.1. The molecule has 18 heavy (non-hydrogen) atoms. The quantitative estimate of drug-likeness (QED) is 0.774. The van der Waals surface area contributed by atoms with Crippen molar-refractivity contribution in [3.05, 3.63) is 46.2 Å². The molecule has 0 aliphatic carbocycles. The number of pyridine rings is 1. The van der Waals surface area contributed by atoms with E-state index in [0.29, 0.717) is 6.04 Å². The molecule has 1 aromatic heterocycles. The van der Waals surface area contributed by atoms with Crippen LogP contribution in [-0.2, 0) is 6.42 Å². The van der Waals surface area contributed by atoms with Crippen molar-refractivity contribution in [2.75, 3.05) is 12.4 Å². The maximum Gasteiger partial charge on any atom is 0.272 e. The van der Waals surface area contributed by atoms with Crippen molar-refractivity contribution in [3.8, 4) is 0 Å². The second kappa shape index (κ2) is 4.46. The normalized spacial score (nSPS) is 19.4. The van der Waals surface area contributed by atoms with Crippen LogP contribution in [0.25, 0.3) is 10.9 Å². The van der Waals surface area contributed by atoms with Crippen LogP contribution in [0.3, 0.4) is 0 Å². The Kier molecular flexibility index (Phi) is 2.80. The molecule has 2 heterocycles. The minimum atomic E-state index is -0.0811. The molecule has 1 fully saturated rings. The minimum absolute atomic E-state index is 0.0811. The highest BCUT2D eigenvalue weighted by Crippen LogP contribution is 2.15. The number of benzene rings is 1. The first-order valence-electron chi connectivity index (χ1n) is 6.38. The van der Waals surface area contributed by atoms with Crippen LogP contribution >= 0.6 is 0 Å². The van der Waals surface area contributed by atoms with Crippen LogP contribution in [0, 0.1) is 0 Å². The van der Waals surface area contributed by atoms with E-state index in [2.05, 4.69) is 5.32 Å². The standard InChI is InChI=1S/C14H17N3O/c15-17-13-6-2-1-4-10(13)8-11(14(17)18)9-12-5-3-7-16-12/h1-2,4,6,8,12,16H,3,5,7,9,15H2. The Morgan fingerprint density at radius 3 is 3.00 bits per heavy atom. The fourth-order valence-electron chi connectivity index (χ4n) is 2.69. The lowest BCUT2D eigenvalue weighted by molar-refractivity contribution is 0.598. The molecule has 0 radical (unpaired) electrons. The predicted octanol–water partition coefficient (Wildman–Crippen LogP) is 1.01. The molecule has 4 nitrogen and oxygen atoms in total. The number of para-hydroxylation sites is 1. The first kappa shape index (κ1) is 11.3. The van der Waals surface area contributed by atoms with E-state index >= 15 is 0 Å². The predicted molar refractivity (Wildman–Crippen MR) is 73.1 cm³/mol. The molecule has 3 N–H and O–H groups in total. The number of hydrogen-bond acceptors (Lipinski definition) is 3. The van der Waals surface area contributed by atoms with E-state index in [-0.39, 0.29) is 5.56 Å². The van der Waals surface area contributed by atoms with Crippen molar-refractivity contribution in [2.45, 2.75) is 25.3 Å². The van der Waals surface area contributed by atoms with Gasteiger partial charge < -0.3 is 11.2 Å². The second-order valence-corrected chi connectivity index (χ2v) is 4.90. The summed E-state index contributed by atoms with van der Waals surface area (Å²) < 4.78 is 1.26. The van der Waals surface area contributed by atoms with Gasteiger partial charge in [-0.15, -0.1) is 0 Å². The Morgan fingerprint density at radius 1 is 1.39 bits per heavy atom. The summed E-state index contributed by atoms with van der Waals surface area (Å²) >= 11 is 0. The van der Waals surface area contributed by atoms with E-state index in [9.17, 15) is 4.79 Å². The SMILES string of the molecule is Nn1c(=O)c(CC2CCCN2)cc2ccccc21. The summed E-state index contributed by atoms with van der Waals surface area (Å²) in [5.74, 6) is 5.88. The number of nitrogens with two attached hydrogens (primary N) is 1. The molecule has 0 bridgehead atoms. The third-order valence-electron chi connectivity index (χ3n) is 3.65. The maximum absolute atomic E-state index is 12.2. The van der Waals surface area contributed by atoms with Crippen LogP contribution in [0.2, 0.25) is 0 Å². The van der Waals surface area contributed by atoms with E-state index in [1.54, 1.807) is 0 Å². The number of fused-ring (bicyclic) bond motifs is 1. The monoisotopic (exact) mass is 243 g/mol. The number of aromatic nitrogens is 1. The first-order chi connectivity index (χ1) is 8.75. The van der Waals surface area contributed by atoms with Crippen LogP contribution in [0.1, 0.15) is 18.4 Å². The second-order valence-electron chi connectivity index (χ2n) is 4.90. The van der Waals surface area contributed by atoms with Gasteiger partial charge in [0.05, 0.1) is 5.52 Å². The zero-order chi connectivity index (χ0) is 12.5. The van der Waals surface area contributed by atoms with Gasteiger partial charge in [0.1, 0.15) is 0 Å². The lowest BCUT2D eigenvalue weighted by atomic mass is 10.0. The molecule has 1 aromatic carbocycles. The van der Waals surface area contributed by atoms with Crippen molar-refractivity contribution in [3.63, 3.8) is 0 Å². The maximum atomic E-state index is 12.2. The Bertz CT molecular complexity index is 626. The fraction of sp³-hybridized carbons (Fsp3) is 0.357. The Balaban J connectivity index is 2.06. The molecule has 3 rings (SSSR count). The van der Waals surface area contributed by atoms with Gasteiger partial charge in [0.2, 0.25) is 0 Å². The van der Waals surface area contributed by atoms with Crippen LogP contribution in [-0.4, -0.2) is 17.3 Å². The molecule has 1 saturated heterocycles. The summed E-state index contributed by atoms with van der Waals surface area (Å²) in [6, 6.07) is 10.1. The summed E-state index contributed by atoms with van der Waals surface area (Å²) in [6.45, 7) is 1.05. The van der Waals surface area contributed by atoms with Crippen molar-refractivity contribution >= 4 is 10.9 Å². The van der Waals surface area contributed by atoms with Gasteiger partial charge >= 0.3 is 0 Å². The smallest absolute Gasteiger partial charge is 0.272 e. The van der Waals surface area contributed by atoms with E-state index in [1.807, 2.05) is 30.3 Å². The number of nitrogen functional groups attached to an aromatic ring is 1. The molecule has 1 aliphatic heterocycles. The lowest BCUT2D eigenvalue weighted by Crippen LogP contribution is -2.33. The molecule has 2 aromatic rings. The molecular formula is C14H17N3O. The average Bonchev–Trinajstić information content (AvgIpc) is 2.89. The van der Waals surface area contributed by atoms with Gasteiger partial charge in [-0.2, -0.15) is 0 Å². The summed E-state index contributed by atoms with van der Waals surface area (Å²) in [6.07, 6.45) is 3.09. The van der Waals surface area contributed by atoms with Gasteiger partial charge in [-0.25, -0.2) is 4.68 Å². The van der Waals surface area contributed by atoms with E-state index < -0.39 is 0 Å². The number of hydrogen-bond donors (Lipinski definition) is 2. The Labute approximate surface area is 105 Å². The van der Waals surface area contributed by atoms with Gasteiger partial charge in [-0.3, -0.25) is 4.79 Å². The van der Waals surface area contributed by atoms with Gasteiger partial charge in [-0.05, 0) is 37.9 Å². The largest absolute Gasteiger partial charge is 0.336 e. The fourth-order valence-corrected chi connectivity index (χ4v) is 2.69. The van der Waals surface area contributed by atoms with Crippen molar-refractivity contribution < 1.29 is 0 Å². The molecule has 4 heteroatoms. The molecule has 0 saturated carbocycles. The lowest BCUT2D eigenvalue weighted by Gasteiger charge is -2.12. The molecule has 0 spiro atoms. The van der Waals surface area contributed by atoms with Gasteiger partial charge in [-0.1, -0.05) is 18.2 Å². The summed E-state index contributed by atoms with van der Waals surface area (Å²) in [5.41, 5.74) is 1.50. The van der Waals surface area contributed by atoms with E-state index in [1.165, 1.54) is 11.1 Å². The molecule has 1 unspecified atom stereocenters. The molecule has 1 aliphatic rings. The molecule has 1 atom stereocenters. The summed E-state index contributed by atoms with van der Waals surface area (Å²) in [7, 11) is 0. The van der Waals surface area contributed by atoms with Crippen LogP contribution in [0.15, 0.2) is 35.1 Å².